The van der Waals surface area contributed by atoms with E-state index in [4.69, 9.17) is 0 Å². The van der Waals surface area contributed by atoms with E-state index in [9.17, 15) is 14.3 Å². The van der Waals surface area contributed by atoms with Gasteiger partial charge in [0.15, 0.2) is 0 Å². The Balaban J connectivity index is 1.63. The van der Waals surface area contributed by atoms with Crippen LogP contribution in [0.1, 0.15) is 53.4 Å². The number of nitrogens with zero attached hydrogens (tertiary/aromatic N) is 2. The van der Waals surface area contributed by atoms with Gasteiger partial charge in [-0.3, -0.25) is 9.88 Å². The second-order valence-corrected chi connectivity index (χ2v) is 8.05. The van der Waals surface area contributed by atoms with Crippen LogP contribution in [0.15, 0.2) is 60.9 Å². The Morgan fingerprint density at radius 1 is 1.23 bits per heavy atom. The molecule has 2 heterocycles. The molecule has 0 fully saturated rings. The summed E-state index contributed by atoms with van der Waals surface area (Å²) in [4.78, 5) is 18.1. The second kappa shape index (κ2) is 8.36. The quantitative estimate of drug-likeness (QED) is 0.591. The fourth-order valence-corrected chi connectivity index (χ4v) is 4.41. The number of pyridine rings is 1. The molecule has 0 spiro atoms. The van der Waals surface area contributed by atoms with Crippen LogP contribution < -0.4 is 0 Å². The summed E-state index contributed by atoms with van der Waals surface area (Å²) in [7, 11) is 0. The van der Waals surface area contributed by atoms with Crippen molar-refractivity contribution in [2.75, 3.05) is 0 Å². The third kappa shape index (κ3) is 3.85. The topological polar surface area (TPSA) is 53.4 Å². The molecule has 1 N–H and O–H groups in total. The lowest BCUT2D eigenvalue weighted by atomic mass is 9.94. The van der Waals surface area contributed by atoms with Crippen molar-refractivity contribution >= 4 is 5.97 Å². The first-order valence-corrected chi connectivity index (χ1v) is 10.3. The lowest BCUT2D eigenvalue weighted by Gasteiger charge is -2.29. The third-order valence-electron chi connectivity index (χ3n) is 5.92. The van der Waals surface area contributed by atoms with Crippen molar-refractivity contribution in [3.05, 3.63) is 89.0 Å². The number of carboxylic acids is 1. The monoisotopic (exact) mass is 404 g/mol. The van der Waals surface area contributed by atoms with Crippen molar-refractivity contribution in [3.8, 4) is 11.1 Å². The number of fused-ring (bicyclic) bond motifs is 1. The number of rotatable bonds is 6. The molecule has 0 aliphatic carbocycles. The molecular weight excluding hydrogens is 379 g/mol. The van der Waals surface area contributed by atoms with E-state index in [1.165, 1.54) is 23.4 Å². The highest BCUT2D eigenvalue weighted by atomic mass is 19.1. The van der Waals surface area contributed by atoms with Crippen molar-refractivity contribution in [1.29, 1.82) is 0 Å². The normalized spacial score (nSPS) is 16.1. The summed E-state index contributed by atoms with van der Waals surface area (Å²) in [6, 6.07) is 15.1. The second-order valence-electron chi connectivity index (χ2n) is 8.05. The average Bonchev–Trinajstić information content (AvgIpc) is 3.11. The number of halogens is 1. The van der Waals surface area contributed by atoms with E-state index in [0.717, 1.165) is 24.1 Å². The zero-order valence-corrected chi connectivity index (χ0v) is 17.2. The molecule has 1 aliphatic heterocycles. The van der Waals surface area contributed by atoms with Gasteiger partial charge < -0.3 is 5.11 Å². The summed E-state index contributed by atoms with van der Waals surface area (Å²) < 4.78 is 14.3. The first-order chi connectivity index (χ1) is 14.5. The van der Waals surface area contributed by atoms with Crippen LogP contribution in [0.2, 0.25) is 0 Å². The first-order valence-electron chi connectivity index (χ1n) is 10.3. The number of aryl methyl sites for hydroxylation is 1. The summed E-state index contributed by atoms with van der Waals surface area (Å²) in [5, 5.41) is 9.45. The zero-order chi connectivity index (χ0) is 21.3. The predicted octanol–water partition coefficient (Wildman–Crippen LogP) is 5.48. The molecule has 5 heteroatoms. The number of aromatic nitrogens is 1. The van der Waals surface area contributed by atoms with Crippen LogP contribution in [0.3, 0.4) is 0 Å². The minimum absolute atomic E-state index is 0.191. The van der Waals surface area contributed by atoms with Crippen LogP contribution >= 0.6 is 0 Å². The SMILES string of the molecule is CC(C)N1Cc2cc(-c3ccccc3F)ccc2[C@@H]1CCc1cnccc1C(=O)O. The van der Waals surface area contributed by atoms with Gasteiger partial charge in [-0.05, 0) is 67.1 Å². The van der Waals surface area contributed by atoms with E-state index >= 15 is 0 Å². The number of aromatic carboxylic acids is 1. The molecule has 0 saturated heterocycles. The Morgan fingerprint density at radius 2 is 2.03 bits per heavy atom. The number of benzene rings is 2. The number of hydrogen-bond donors (Lipinski definition) is 1. The molecule has 154 valence electrons. The number of carboxylic acid groups (broad SMARTS) is 1. The Kier molecular flexibility index (Phi) is 5.64. The Hall–Kier alpha value is -3.05. The molecule has 3 aromatic rings. The maximum absolute atomic E-state index is 14.3. The Morgan fingerprint density at radius 3 is 2.77 bits per heavy atom. The largest absolute Gasteiger partial charge is 0.478 e. The summed E-state index contributed by atoms with van der Waals surface area (Å²) in [6.45, 7) is 5.14. The summed E-state index contributed by atoms with van der Waals surface area (Å²) in [5.41, 5.74) is 5.01. The highest BCUT2D eigenvalue weighted by molar-refractivity contribution is 5.89. The van der Waals surface area contributed by atoms with Crippen LogP contribution in [0.4, 0.5) is 4.39 Å². The highest BCUT2D eigenvalue weighted by Crippen LogP contribution is 2.40. The molecule has 30 heavy (non-hydrogen) atoms. The molecule has 0 radical (unpaired) electrons. The maximum atomic E-state index is 14.3. The van der Waals surface area contributed by atoms with E-state index in [1.54, 1.807) is 24.4 Å². The minimum Gasteiger partial charge on any atom is -0.478 e. The molecule has 2 aromatic carbocycles. The van der Waals surface area contributed by atoms with Gasteiger partial charge in [0.25, 0.3) is 0 Å². The summed E-state index contributed by atoms with van der Waals surface area (Å²) in [6.07, 6.45) is 4.61. The van der Waals surface area contributed by atoms with Crippen molar-refractivity contribution in [2.45, 2.75) is 45.3 Å². The molecule has 1 aromatic heterocycles. The van der Waals surface area contributed by atoms with Gasteiger partial charge in [-0.2, -0.15) is 0 Å². The van der Waals surface area contributed by atoms with Crippen LogP contribution in [-0.4, -0.2) is 27.0 Å². The van der Waals surface area contributed by atoms with Gasteiger partial charge in [0.05, 0.1) is 5.56 Å². The van der Waals surface area contributed by atoms with E-state index < -0.39 is 5.97 Å². The molecule has 4 rings (SSSR count). The Bertz CT molecular complexity index is 1080. The van der Waals surface area contributed by atoms with Crippen molar-refractivity contribution in [1.82, 2.24) is 9.88 Å². The van der Waals surface area contributed by atoms with Crippen molar-refractivity contribution in [2.24, 2.45) is 0 Å². The first kappa shape index (κ1) is 20.2. The Labute approximate surface area is 176 Å². The van der Waals surface area contributed by atoms with E-state index in [-0.39, 0.29) is 11.9 Å². The molecule has 0 saturated carbocycles. The van der Waals surface area contributed by atoms with Gasteiger partial charge in [-0.15, -0.1) is 0 Å². The van der Waals surface area contributed by atoms with E-state index in [2.05, 4.69) is 35.9 Å². The molecule has 0 amide bonds. The molecule has 1 atom stereocenters. The van der Waals surface area contributed by atoms with Gasteiger partial charge in [0.1, 0.15) is 5.82 Å². The fraction of sp³-hybridized carbons (Fsp3) is 0.280. The summed E-state index contributed by atoms with van der Waals surface area (Å²) in [5.74, 6) is -1.14. The smallest absolute Gasteiger partial charge is 0.336 e. The molecule has 0 unspecified atom stereocenters. The van der Waals surface area contributed by atoms with Crippen LogP contribution in [0.5, 0.6) is 0 Å². The van der Waals surface area contributed by atoms with Crippen molar-refractivity contribution < 1.29 is 14.3 Å². The van der Waals surface area contributed by atoms with Gasteiger partial charge in [-0.25, -0.2) is 9.18 Å². The predicted molar refractivity (Wildman–Crippen MR) is 115 cm³/mol. The highest BCUT2D eigenvalue weighted by Gasteiger charge is 2.32. The van der Waals surface area contributed by atoms with Gasteiger partial charge >= 0.3 is 5.97 Å². The summed E-state index contributed by atoms with van der Waals surface area (Å²) >= 11 is 0. The van der Waals surface area contributed by atoms with Gasteiger partial charge in [0, 0.05) is 36.6 Å². The zero-order valence-electron chi connectivity index (χ0n) is 17.2. The standard InChI is InChI=1S/C25H25FN2O2/c1-16(2)28-15-19-13-17(20-5-3-4-6-23(20)26)7-9-21(19)24(28)10-8-18-14-27-12-11-22(18)25(29)30/h3-7,9,11-14,16,24H,8,10,15H2,1-2H3,(H,29,30)/t24-/m0/s1. The average molecular weight is 404 g/mol. The lowest BCUT2D eigenvalue weighted by Crippen LogP contribution is -2.29. The number of carbonyl (C=O) groups is 1. The van der Waals surface area contributed by atoms with Crippen LogP contribution in [-0.2, 0) is 13.0 Å². The minimum atomic E-state index is -0.922. The lowest BCUT2D eigenvalue weighted by molar-refractivity contribution is 0.0695. The molecular formula is C25H25FN2O2. The third-order valence-corrected chi connectivity index (χ3v) is 5.92. The molecule has 0 bridgehead atoms. The van der Waals surface area contributed by atoms with Gasteiger partial charge in [-0.1, -0.05) is 30.3 Å². The molecule has 4 nitrogen and oxygen atoms in total. The number of hydrogen-bond acceptors (Lipinski definition) is 3. The molecule has 1 aliphatic rings. The van der Waals surface area contributed by atoms with Crippen LogP contribution in [0, 0.1) is 5.82 Å². The maximum Gasteiger partial charge on any atom is 0.336 e. The van der Waals surface area contributed by atoms with Crippen molar-refractivity contribution in [3.63, 3.8) is 0 Å². The van der Waals surface area contributed by atoms with E-state index in [0.29, 0.717) is 23.6 Å². The van der Waals surface area contributed by atoms with Crippen LogP contribution in [0.25, 0.3) is 11.1 Å². The van der Waals surface area contributed by atoms with E-state index in [1.807, 2.05) is 12.1 Å². The fourth-order valence-electron chi connectivity index (χ4n) is 4.41. The van der Waals surface area contributed by atoms with Gasteiger partial charge in [0.2, 0.25) is 0 Å².